The first-order valence-corrected chi connectivity index (χ1v) is 22.5. The van der Waals surface area contributed by atoms with Crippen molar-refractivity contribution in [1.29, 1.82) is 0 Å². The average Bonchev–Trinajstić information content (AvgIpc) is 4.08. The first kappa shape index (κ1) is 37.3. The van der Waals surface area contributed by atoms with Crippen molar-refractivity contribution in [3.05, 3.63) is 139 Å². The van der Waals surface area contributed by atoms with Crippen molar-refractivity contribution < 1.29 is 18.9 Å². The number of nitrogens with zero attached hydrogens (tertiary/aromatic N) is 2. The number of benzene rings is 7. The topological polar surface area (TPSA) is 53.4 Å². The highest BCUT2D eigenvalue weighted by Gasteiger charge is 2.42. The lowest BCUT2D eigenvalue weighted by molar-refractivity contribution is 0.178. The molecule has 0 saturated carbocycles. The molecule has 4 aliphatic heterocycles. The molecule has 2 aromatic heterocycles. The zero-order valence-electron chi connectivity index (χ0n) is 37.0. The number of rotatable bonds is 6. The van der Waals surface area contributed by atoms with Crippen LogP contribution >= 0.6 is 0 Å². The summed E-state index contributed by atoms with van der Waals surface area (Å²) in [5, 5.41) is 5.14. The van der Waals surface area contributed by atoms with Crippen LogP contribution in [0.2, 0.25) is 0 Å². The van der Waals surface area contributed by atoms with E-state index in [1.54, 1.807) is 0 Å². The smallest absolute Gasteiger partial charge is 0.252 e. The second-order valence-electron chi connectivity index (χ2n) is 20.3. The second kappa shape index (κ2) is 12.7. The minimum absolute atomic E-state index is 0.0134. The molecule has 4 aliphatic rings. The van der Waals surface area contributed by atoms with Gasteiger partial charge in [0.2, 0.25) is 12.6 Å². The fourth-order valence-electron chi connectivity index (χ4n) is 10.7. The zero-order valence-corrected chi connectivity index (χ0v) is 37.0. The molecule has 310 valence electrons. The van der Waals surface area contributed by atoms with E-state index in [0.717, 1.165) is 11.5 Å². The van der Waals surface area contributed by atoms with Gasteiger partial charge >= 0.3 is 0 Å². The molecule has 0 aliphatic carbocycles. The third-order valence-electron chi connectivity index (χ3n) is 14.2. The quantitative estimate of drug-likeness (QED) is 0.124. The summed E-state index contributed by atoms with van der Waals surface area (Å²) in [7, 11) is 0. The maximum Gasteiger partial charge on any atom is 0.252 e. The lowest BCUT2D eigenvalue weighted by Gasteiger charge is -2.34. The lowest BCUT2D eigenvalue weighted by Crippen LogP contribution is -2.59. The lowest BCUT2D eigenvalue weighted by atomic mass is 9.34. The highest BCUT2D eigenvalue weighted by atomic mass is 16.8. The Morgan fingerprint density at radius 1 is 0.508 bits per heavy atom. The molecule has 0 N–H and O–H groups in total. The minimum atomic E-state index is -0.166. The van der Waals surface area contributed by atoms with Gasteiger partial charge in [-0.2, -0.15) is 0 Å². The average molecular weight is 825 g/mol. The molecule has 0 radical (unpaired) electrons. The van der Waals surface area contributed by atoms with E-state index in [1.165, 1.54) is 105 Å². The van der Waals surface area contributed by atoms with Crippen LogP contribution in [-0.4, -0.2) is 40.6 Å². The monoisotopic (exact) mass is 824 g/mol. The van der Waals surface area contributed by atoms with E-state index in [4.69, 9.17) is 18.9 Å². The highest BCUT2D eigenvalue weighted by molar-refractivity contribution is 7.00. The van der Waals surface area contributed by atoms with Crippen LogP contribution in [0, 0.1) is 0 Å². The molecule has 2 saturated heterocycles. The van der Waals surface area contributed by atoms with Gasteiger partial charge < -0.3 is 28.1 Å². The van der Waals surface area contributed by atoms with Gasteiger partial charge in [-0.25, -0.2) is 0 Å². The number of aromatic nitrogens is 2. The number of ether oxygens (including phenoxy) is 4. The molecular weight excluding hydrogens is 775 g/mol. The van der Waals surface area contributed by atoms with Crippen molar-refractivity contribution in [2.45, 2.75) is 91.0 Å². The summed E-state index contributed by atoms with van der Waals surface area (Å²) in [5.41, 5.74) is 18.9. The predicted octanol–water partition coefficient (Wildman–Crippen LogP) is 11.2. The van der Waals surface area contributed by atoms with E-state index in [1.807, 2.05) is 13.8 Å². The van der Waals surface area contributed by atoms with Gasteiger partial charge in [0.25, 0.3) is 6.71 Å². The third kappa shape index (κ3) is 5.45. The van der Waals surface area contributed by atoms with E-state index in [-0.39, 0.29) is 42.3 Å². The van der Waals surface area contributed by atoms with Gasteiger partial charge in [0.1, 0.15) is 23.7 Å². The molecule has 7 aromatic carbocycles. The van der Waals surface area contributed by atoms with E-state index >= 15 is 0 Å². The Morgan fingerprint density at radius 3 is 1.30 bits per heavy atom. The molecule has 7 heteroatoms. The molecule has 63 heavy (non-hydrogen) atoms. The van der Waals surface area contributed by atoms with Gasteiger partial charge in [0.15, 0.2) is 0 Å². The predicted molar refractivity (Wildman–Crippen MR) is 258 cm³/mol. The molecule has 0 bridgehead atoms. The summed E-state index contributed by atoms with van der Waals surface area (Å²) in [6.45, 7) is 18.0. The Hall–Kier alpha value is -6.28. The fourth-order valence-corrected chi connectivity index (χ4v) is 10.7. The Bertz CT molecular complexity index is 3200. The standard InChI is InChI=1S/C56H49BN2O4/c1-30-53(60-30)62-36-18-12-32(13-19-36)38-22-24-42-51-48(38)40-28-34(55(3,4)5)16-26-44(40)58(51)46-10-9-11-47-50(46)57(42)43-25-23-39(33-14-20-37(21-15-33)63-54-31(2)61-54)49-41-29-35(56(6,7)8)17-27-45(41)59(47)52(43)49/h9-31,53-54H,1-8H3. The number of hydrogen-bond acceptors (Lipinski definition) is 4. The summed E-state index contributed by atoms with van der Waals surface area (Å²) < 4.78 is 28.5. The van der Waals surface area contributed by atoms with Gasteiger partial charge in [0.05, 0.1) is 11.0 Å². The molecule has 6 heterocycles. The Kier molecular flexibility index (Phi) is 7.51. The van der Waals surface area contributed by atoms with E-state index < -0.39 is 0 Å². The zero-order chi connectivity index (χ0) is 42.8. The number of hydrogen-bond donors (Lipinski definition) is 0. The number of epoxide rings is 2. The van der Waals surface area contributed by atoms with Crippen molar-refractivity contribution in [1.82, 2.24) is 9.13 Å². The van der Waals surface area contributed by atoms with Crippen LogP contribution in [0.4, 0.5) is 0 Å². The van der Waals surface area contributed by atoms with Crippen molar-refractivity contribution in [3.63, 3.8) is 0 Å². The van der Waals surface area contributed by atoms with E-state index in [9.17, 15) is 0 Å². The van der Waals surface area contributed by atoms with E-state index in [0.29, 0.717) is 0 Å². The molecular formula is C56H49BN2O4. The Balaban J connectivity index is 1.09. The third-order valence-corrected chi connectivity index (χ3v) is 14.2. The fraction of sp³-hybridized carbons (Fsp3) is 0.250. The van der Waals surface area contributed by atoms with Crippen LogP contribution in [0.15, 0.2) is 127 Å². The molecule has 6 nitrogen and oxygen atoms in total. The van der Waals surface area contributed by atoms with Gasteiger partial charge in [-0.1, -0.05) is 108 Å². The van der Waals surface area contributed by atoms with Gasteiger partial charge in [0, 0.05) is 44.0 Å². The molecule has 13 rings (SSSR count). The maximum absolute atomic E-state index is 6.10. The summed E-state index contributed by atoms with van der Waals surface area (Å²) in [4.78, 5) is 0. The van der Waals surface area contributed by atoms with Gasteiger partial charge in [-0.05, 0) is 135 Å². The van der Waals surface area contributed by atoms with Crippen LogP contribution in [-0.2, 0) is 20.3 Å². The second-order valence-corrected chi connectivity index (χ2v) is 20.3. The summed E-state index contributed by atoms with van der Waals surface area (Å²) in [6.07, 6.45) is -0.0704. The summed E-state index contributed by atoms with van der Waals surface area (Å²) in [5.74, 6) is 1.65. The first-order valence-electron chi connectivity index (χ1n) is 22.5. The van der Waals surface area contributed by atoms with Crippen LogP contribution < -0.4 is 25.9 Å². The highest BCUT2D eigenvalue weighted by Crippen LogP contribution is 2.46. The van der Waals surface area contributed by atoms with Gasteiger partial charge in [-0.15, -0.1) is 0 Å². The maximum atomic E-state index is 6.10. The van der Waals surface area contributed by atoms with Crippen molar-refractivity contribution in [3.8, 4) is 45.1 Å². The Morgan fingerprint density at radius 2 is 0.921 bits per heavy atom. The van der Waals surface area contributed by atoms with Crippen LogP contribution in [0.1, 0.15) is 66.5 Å². The molecule has 4 unspecified atom stereocenters. The van der Waals surface area contributed by atoms with Gasteiger partial charge in [-0.3, -0.25) is 0 Å². The summed E-state index contributed by atoms with van der Waals surface area (Å²) in [6, 6.07) is 48.1. The van der Waals surface area contributed by atoms with Crippen LogP contribution in [0.25, 0.3) is 77.2 Å². The Labute approximate surface area is 368 Å². The normalized spacial score (nSPS) is 19.6. The minimum Gasteiger partial charge on any atom is -0.462 e. The van der Waals surface area contributed by atoms with Crippen LogP contribution in [0.3, 0.4) is 0 Å². The SMILES string of the molecule is CC1OC1Oc1ccc(-c2ccc3c4c2c2cc(C(C)(C)C)ccc2n4-c2cccc4c2B3c2ccc(-c3ccc(OC5OC5C)cc3)c3c5cc(C(C)(C)C)ccc5n-4c23)cc1. The summed E-state index contributed by atoms with van der Waals surface area (Å²) >= 11 is 0. The van der Waals surface area contributed by atoms with Crippen LogP contribution in [0.5, 0.6) is 11.5 Å². The largest absolute Gasteiger partial charge is 0.462 e. The molecule has 0 spiro atoms. The van der Waals surface area contributed by atoms with Crippen molar-refractivity contribution in [2.75, 3.05) is 0 Å². The van der Waals surface area contributed by atoms with Crippen molar-refractivity contribution in [2.24, 2.45) is 0 Å². The molecule has 0 amide bonds. The van der Waals surface area contributed by atoms with E-state index in [2.05, 4.69) is 178 Å². The first-order chi connectivity index (χ1) is 30.3. The van der Waals surface area contributed by atoms with Crippen molar-refractivity contribution >= 4 is 66.7 Å². The number of fused-ring (bicyclic) bond motifs is 10. The molecule has 2 fully saturated rings. The molecule has 4 atom stereocenters. The molecule has 9 aromatic rings.